The minimum atomic E-state index is -0.313. The average Bonchev–Trinajstić information content (AvgIpc) is 3.20. The Morgan fingerprint density at radius 3 is 2.96 bits per heavy atom. The highest BCUT2D eigenvalue weighted by Crippen LogP contribution is 2.31. The number of carbonyl (C=O) groups is 1. The standard InChI is InChI=1S/C17H25N5O3S/c1-17(2,3)16(23)26-7-6-24-8-11-4-5-12(25-11)22-10-21-13-14(18)19-9-20-15(13)22/h9-12H,4-8H2,1-3H3,(H2,18,19,20)/t11-,12+/m1/s1. The average molecular weight is 379 g/mol. The first kappa shape index (κ1) is 19.1. The molecule has 2 N–H and O–H groups in total. The Kier molecular flexibility index (Phi) is 5.79. The largest absolute Gasteiger partial charge is 0.382 e. The van der Waals surface area contributed by atoms with Crippen LogP contribution in [0.1, 0.15) is 39.8 Å². The monoisotopic (exact) mass is 379 g/mol. The Labute approximate surface area is 156 Å². The molecule has 0 unspecified atom stereocenters. The maximum atomic E-state index is 11.8. The van der Waals surface area contributed by atoms with Gasteiger partial charge in [0, 0.05) is 11.2 Å². The Bertz CT molecular complexity index is 773. The van der Waals surface area contributed by atoms with Crippen molar-refractivity contribution >= 4 is 33.9 Å². The van der Waals surface area contributed by atoms with E-state index in [2.05, 4.69) is 15.0 Å². The highest BCUT2D eigenvalue weighted by Gasteiger charge is 2.28. The molecule has 0 aromatic carbocycles. The molecular weight excluding hydrogens is 354 g/mol. The number of nitrogen functional groups attached to an aromatic ring is 1. The van der Waals surface area contributed by atoms with Crippen LogP contribution >= 0.6 is 11.8 Å². The Hall–Kier alpha value is -1.71. The van der Waals surface area contributed by atoms with Gasteiger partial charge in [-0.25, -0.2) is 15.0 Å². The third kappa shape index (κ3) is 4.33. The molecule has 2 aromatic rings. The second-order valence-electron chi connectivity index (χ2n) is 7.33. The number of rotatable bonds is 6. The van der Waals surface area contributed by atoms with Crippen molar-refractivity contribution in [3.05, 3.63) is 12.7 Å². The summed E-state index contributed by atoms with van der Waals surface area (Å²) in [4.78, 5) is 24.3. The number of ether oxygens (including phenoxy) is 2. The SMILES string of the molecule is CC(C)(C)C(=O)SCCOC[C@H]1CC[C@@H](n2cnc3c(N)ncnc32)O1. The molecule has 0 amide bonds. The van der Waals surface area contributed by atoms with Gasteiger partial charge in [0.15, 0.2) is 16.6 Å². The predicted molar refractivity (Wildman–Crippen MR) is 101 cm³/mol. The smallest absolute Gasteiger partial charge is 0.194 e. The van der Waals surface area contributed by atoms with Crippen LogP contribution in [-0.4, -0.2) is 49.7 Å². The molecule has 1 fully saturated rings. The Morgan fingerprint density at radius 2 is 2.19 bits per heavy atom. The number of hydrogen-bond donors (Lipinski definition) is 1. The Morgan fingerprint density at radius 1 is 1.38 bits per heavy atom. The fourth-order valence-electron chi connectivity index (χ4n) is 2.72. The molecule has 0 radical (unpaired) electrons. The molecule has 1 aliphatic rings. The van der Waals surface area contributed by atoms with E-state index in [1.165, 1.54) is 18.1 Å². The van der Waals surface area contributed by atoms with Crippen molar-refractivity contribution in [3.8, 4) is 0 Å². The van der Waals surface area contributed by atoms with Crippen LogP contribution in [0, 0.1) is 5.41 Å². The van der Waals surface area contributed by atoms with Gasteiger partial charge in [-0.15, -0.1) is 0 Å². The summed E-state index contributed by atoms with van der Waals surface area (Å²) < 4.78 is 13.6. The van der Waals surface area contributed by atoms with Gasteiger partial charge in [-0.1, -0.05) is 32.5 Å². The second kappa shape index (κ2) is 7.89. The van der Waals surface area contributed by atoms with E-state index in [9.17, 15) is 4.79 Å². The minimum Gasteiger partial charge on any atom is -0.382 e. The van der Waals surface area contributed by atoms with E-state index in [4.69, 9.17) is 15.2 Å². The molecule has 1 saturated heterocycles. The molecule has 0 spiro atoms. The van der Waals surface area contributed by atoms with Crippen molar-refractivity contribution in [2.45, 2.75) is 45.9 Å². The van der Waals surface area contributed by atoms with Crippen LogP contribution in [0.15, 0.2) is 12.7 Å². The molecule has 8 nitrogen and oxygen atoms in total. The molecule has 26 heavy (non-hydrogen) atoms. The van der Waals surface area contributed by atoms with E-state index >= 15 is 0 Å². The van der Waals surface area contributed by atoms with Gasteiger partial charge >= 0.3 is 0 Å². The summed E-state index contributed by atoms with van der Waals surface area (Å²) in [5, 5.41) is 0.187. The van der Waals surface area contributed by atoms with E-state index in [1.807, 2.05) is 25.3 Å². The molecule has 3 rings (SSSR count). The molecule has 3 heterocycles. The molecule has 0 bridgehead atoms. The first-order valence-electron chi connectivity index (χ1n) is 8.69. The van der Waals surface area contributed by atoms with Gasteiger partial charge in [-0.3, -0.25) is 9.36 Å². The summed E-state index contributed by atoms with van der Waals surface area (Å²) in [5.74, 6) is 1.03. The van der Waals surface area contributed by atoms with Gasteiger partial charge in [-0.2, -0.15) is 0 Å². The second-order valence-corrected chi connectivity index (χ2v) is 8.40. The van der Waals surface area contributed by atoms with Crippen LogP contribution in [0.5, 0.6) is 0 Å². The molecule has 142 valence electrons. The molecular formula is C17H25N5O3S. The maximum absolute atomic E-state index is 11.8. The van der Waals surface area contributed by atoms with E-state index in [0.717, 1.165) is 12.8 Å². The fourth-order valence-corrected chi connectivity index (χ4v) is 3.54. The van der Waals surface area contributed by atoms with Gasteiger partial charge in [-0.05, 0) is 12.8 Å². The molecule has 0 saturated carbocycles. The first-order chi connectivity index (χ1) is 12.4. The molecule has 9 heteroatoms. The maximum Gasteiger partial charge on any atom is 0.194 e. The zero-order valence-corrected chi connectivity index (χ0v) is 16.2. The highest BCUT2D eigenvalue weighted by atomic mass is 32.2. The lowest BCUT2D eigenvalue weighted by Crippen LogP contribution is -2.19. The van der Waals surface area contributed by atoms with Crippen molar-refractivity contribution < 1.29 is 14.3 Å². The van der Waals surface area contributed by atoms with Crippen LogP contribution in [0.25, 0.3) is 11.2 Å². The Balaban J connectivity index is 1.44. The van der Waals surface area contributed by atoms with Gasteiger partial charge in [0.25, 0.3) is 0 Å². The number of anilines is 1. The zero-order valence-electron chi connectivity index (χ0n) is 15.3. The summed E-state index contributed by atoms with van der Waals surface area (Å²) in [6.45, 7) is 6.83. The van der Waals surface area contributed by atoms with Crippen LogP contribution in [0.4, 0.5) is 5.82 Å². The fraction of sp³-hybridized carbons (Fsp3) is 0.647. The number of carbonyl (C=O) groups excluding carboxylic acids is 1. The van der Waals surface area contributed by atoms with Crippen molar-refractivity contribution in [1.29, 1.82) is 0 Å². The lowest BCUT2D eigenvalue weighted by atomic mass is 10.00. The highest BCUT2D eigenvalue weighted by molar-refractivity contribution is 8.13. The van der Waals surface area contributed by atoms with Crippen molar-refractivity contribution in [3.63, 3.8) is 0 Å². The van der Waals surface area contributed by atoms with Gasteiger partial charge in [0.1, 0.15) is 18.1 Å². The summed E-state index contributed by atoms with van der Waals surface area (Å²) >= 11 is 1.32. The molecule has 2 aromatic heterocycles. The number of thioether (sulfide) groups is 1. The van der Waals surface area contributed by atoms with E-state index < -0.39 is 0 Å². The summed E-state index contributed by atoms with van der Waals surface area (Å²) in [5.41, 5.74) is 6.79. The van der Waals surface area contributed by atoms with Crippen molar-refractivity contribution in [2.75, 3.05) is 24.7 Å². The van der Waals surface area contributed by atoms with E-state index in [1.54, 1.807) is 6.33 Å². The third-order valence-corrected chi connectivity index (χ3v) is 5.40. The number of nitrogens with two attached hydrogens (primary N) is 1. The van der Waals surface area contributed by atoms with Crippen molar-refractivity contribution in [1.82, 2.24) is 19.5 Å². The number of fused-ring (bicyclic) bond motifs is 1. The summed E-state index contributed by atoms with van der Waals surface area (Å²) in [6.07, 6.45) is 4.79. The quantitative estimate of drug-likeness (QED) is 0.763. The number of imidazole rings is 1. The third-order valence-electron chi connectivity index (χ3n) is 4.16. The lowest BCUT2D eigenvalue weighted by molar-refractivity contribution is -0.117. The summed E-state index contributed by atoms with van der Waals surface area (Å²) in [6, 6.07) is 0. The molecule has 2 atom stereocenters. The van der Waals surface area contributed by atoms with Crippen LogP contribution < -0.4 is 5.73 Å². The minimum absolute atomic E-state index is 0.0277. The van der Waals surface area contributed by atoms with Gasteiger partial charge in [0.2, 0.25) is 0 Å². The van der Waals surface area contributed by atoms with E-state index in [-0.39, 0.29) is 22.9 Å². The van der Waals surface area contributed by atoms with Crippen LogP contribution in [-0.2, 0) is 14.3 Å². The van der Waals surface area contributed by atoms with Crippen molar-refractivity contribution in [2.24, 2.45) is 5.41 Å². The van der Waals surface area contributed by atoms with E-state index in [0.29, 0.717) is 35.9 Å². The normalized spacial score (nSPS) is 20.7. The molecule has 0 aliphatic carbocycles. The van der Waals surface area contributed by atoms with Gasteiger partial charge < -0.3 is 15.2 Å². The molecule has 1 aliphatic heterocycles. The summed E-state index contributed by atoms with van der Waals surface area (Å²) in [7, 11) is 0. The number of aromatic nitrogens is 4. The predicted octanol–water partition coefficient (Wildman–Crippen LogP) is 2.41. The first-order valence-corrected chi connectivity index (χ1v) is 9.68. The topological polar surface area (TPSA) is 105 Å². The number of nitrogens with zero attached hydrogens (tertiary/aromatic N) is 4. The zero-order chi connectivity index (χ0) is 18.7. The number of hydrogen-bond acceptors (Lipinski definition) is 8. The van der Waals surface area contributed by atoms with Crippen LogP contribution in [0.2, 0.25) is 0 Å². The van der Waals surface area contributed by atoms with Gasteiger partial charge in [0.05, 0.1) is 25.6 Å². The van der Waals surface area contributed by atoms with Crippen LogP contribution in [0.3, 0.4) is 0 Å². The lowest BCUT2D eigenvalue weighted by Gasteiger charge is -2.16.